The molecule has 124 valence electrons. The zero-order chi connectivity index (χ0) is 17.1. The molecule has 3 rings (SSSR count). The molecule has 1 amide bonds. The van der Waals surface area contributed by atoms with Gasteiger partial charge in [-0.05, 0) is 23.6 Å². The van der Waals surface area contributed by atoms with Crippen molar-refractivity contribution in [3.05, 3.63) is 45.9 Å². The van der Waals surface area contributed by atoms with Crippen LogP contribution in [0, 0.1) is 17.1 Å². The number of carbonyl (C=O) groups is 1. The molecular formula is C17H16FN3O2S. The van der Waals surface area contributed by atoms with E-state index in [4.69, 9.17) is 10.00 Å². The minimum Gasteiger partial charge on any atom is -0.495 e. The molecule has 1 fully saturated rings. The molecule has 1 aliphatic heterocycles. The highest BCUT2D eigenvalue weighted by Crippen LogP contribution is 2.28. The lowest BCUT2D eigenvalue weighted by molar-refractivity contribution is 0.0748. The Labute approximate surface area is 143 Å². The van der Waals surface area contributed by atoms with Crippen LogP contribution < -0.4 is 9.64 Å². The largest absolute Gasteiger partial charge is 0.495 e. The summed E-state index contributed by atoms with van der Waals surface area (Å²) in [4.78, 5) is 16.9. The van der Waals surface area contributed by atoms with Crippen LogP contribution in [0.15, 0.2) is 29.6 Å². The maximum Gasteiger partial charge on any atom is 0.267 e. The number of anilines is 1. The summed E-state index contributed by atoms with van der Waals surface area (Å²) in [7, 11) is 1.55. The van der Waals surface area contributed by atoms with Gasteiger partial charge in [-0.1, -0.05) is 6.07 Å². The maximum atomic E-state index is 13.8. The second kappa shape index (κ2) is 6.89. The number of hydrogen-bond donors (Lipinski definition) is 0. The lowest BCUT2D eigenvalue weighted by atomic mass is 10.1. The van der Waals surface area contributed by atoms with Gasteiger partial charge in [0, 0.05) is 26.2 Å². The van der Waals surface area contributed by atoms with E-state index >= 15 is 0 Å². The number of carbonyl (C=O) groups excluding carboxylic acids is 1. The van der Waals surface area contributed by atoms with Crippen molar-refractivity contribution >= 4 is 22.9 Å². The van der Waals surface area contributed by atoms with Crippen LogP contribution in [0.4, 0.5) is 10.1 Å². The first-order chi connectivity index (χ1) is 11.7. The third-order valence-corrected chi connectivity index (χ3v) is 4.94. The summed E-state index contributed by atoms with van der Waals surface area (Å²) in [5.41, 5.74) is 0.635. The summed E-state index contributed by atoms with van der Waals surface area (Å²) < 4.78 is 19.0. The summed E-state index contributed by atoms with van der Waals surface area (Å²) in [6.07, 6.45) is 0. The van der Waals surface area contributed by atoms with Crippen molar-refractivity contribution < 1.29 is 13.9 Å². The monoisotopic (exact) mass is 345 g/mol. The molecule has 2 aromatic rings. The Balaban J connectivity index is 1.72. The van der Waals surface area contributed by atoms with Crippen molar-refractivity contribution in [2.75, 3.05) is 38.2 Å². The normalized spacial score (nSPS) is 14.4. The standard InChI is InChI=1S/C17H16FN3O2S/c1-23-15-5-10-24-16(15)17(22)21-8-6-20(7-9-21)14-4-2-3-13(18)12(14)11-19/h2-5,10H,6-9H2,1H3. The van der Waals surface area contributed by atoms with Gasteiger partial charge < -0.3 is 14.5 Å². The molecule has 0 bridgehead atoms. The number of piperazine rings is 1. The lowest BCUT2D eigenvalue weighted by Gasteiger charge is -2.36. The average Bonchev–Trinajstić information content (AvgIpc) is 3.09. The molecule has 24 heavy (non-hydrogen) atoms. The molecule has 0 N–H and O–H groups in total. The molecule has 1 aromatic carbocycles. The van der Waals surface area contributed by atoms with Crippen molar-refractivity contribution in [1.82, 2.24) is 4.90 Å². The average molecular weight is 345 g/mol. The molecular weight excluding hydrogens is 329 g/mol. The number of benzene rings is 1. The van der Waals surface area contributed by atoms with Crippen molar-refractivity contribution in [1.29, 1.82) is 5.26 Å². The van der Waals surface area contributed by atoms with Crippen LogP contribution in [0.2, 0.25) is 0 Å². The van der Waals surface area contributed by atoms with E-state index in [-0.39, 0.29) is 11.5 Å². The number of amides is 1. The molecule has 1 aliphatic rings. The summed E-state index contributed by atoms with van der Waals surface area (Å²) in [5, 5.41) is 11.0. The lowest BCUT2D eigenvalue weighted by Crippen LogP contribution is -2.49. The predicted molar refractivity (Wildman–Crippen MR) is 90.1 cm³/mol. The van der Waals surface area contributed by atoms with Gasteiger partial charge in [0.1, 0.15) is 28.1 Å². The van der Waals surface area contributed by atoms with E-state index in [2.05, 4.69) is 0 Å². The van der Waals surface area contributed by atoms with Crippen molar-refractivity contribution in [2.45, 2.75) is 0 Å². The quantitative estimate of drug-likeness (QED) is 0.858. The fraction of sp³-hybridized carbons (Fsp3) is 0.294. The van der Waals surface area contributed by atoms with Gasteiger partial charge in [-0.2, -0.15) is 5.26 Å². The molecule has 2 heterocycles. The Morgan fingerprint density at radius 1 is 1.29 bits per heavy atom. The van der Waals surface area contributed by atoms with Gasteiger partial charge in [0.05, 0.1) is 12.8 Å². The SMILES string of the molecule is COc1ccsc1C(=O)N1CCN(c2cccc(F)c2C#N)CC1. The molecule has 0 atom stereocenters. The Morgan fingerprint density at radius 3 is 2.71 bits per heavy atom. The van der Waals surface area contributed by atoms with Gasteiger partial charge in [0.2, 0.25) is 0 Å². The fourth-order valence-electron chi connectivity index (χ4n) is 2.80. The van der Waals surface area contributed by atoms with Gasteiger partial charge in [0.15, 0.2) is 0 Å². The van der Waals surface area contributed by atoms with Crippen LogP contribution in [0.1, 0.15) is 15.2 Å². The van der Waals surface area contributed by atoms with Gasteiger partial charge in [-0.25, -0.2) is 4.39 Å². The number of nitrogens with zero attached hydrogens (tertiary/aromatic N) is 3. The number of rotatable bonds is 3. The number of thiophene rings is 1. The predicted octanol–water partition coefficient (Wildman–Crippen LogP) is 2.73. The van der Waals surface area contributed by atoms with Gasteiger partial charge in [0.25, 0.3) is 5.91 Å². The minimum absolute atomic E-state index is 0.0530. The molecule has 7 heteroatoms. The third kappa shape index (κ3) is 2.93. The van der Waals surface area contributed by atoms with E-state index in [0.29, 0.717) is 42.5 Å². The first-order valence-electron chi connectivity index (χ1n) is 7.50. The van der Waals surface area contributed by atoms with Crippen molar-refractivity contribution in [3.8, 4) is 11.8 Å². The smallest absolute Gasteiger partial charge is 0.267 e. The van der Waals surface area contributed by atoms with E-state index in [1.165, 1.54) is 17.4 Å². The zero-order valence-corrected chi connectivity index (χ0v) is 14.0. The summed E-state index contributed by atoms with van der Waals surface area (Å²) in [6, 6.07) is 8.32. The van der Waals surface area contributed by atoms with E-state index in [9.17, 15) is 9.18 Å². The van der Waals surface area contributed by atoms with E-state index < -0.39 is 5.82 Å². The fourth-order valence-corrected chi connectivity index (χ4v) is 3.62. The van der Waals surface area contributed by atoms with Crippen LogP contribution in [0.3, 0.4) is 0 Å². The van der Waals surface area contributed by atoms with Gasteiger partial charge >= 0.3 is 0 Å². The number of nitriles is 1. The van der Waals surface area contributed by atoms with E-state index in [1.807, 2.05) is 16.3 Å². The van der Waals surface area contributed by atoms with Crippen LogP contribution in [0.5, 0.6) is 5.75 Å². The summed E-state index contributed by atoms with van der Waals surface area (Å²) in [6.45, 7) is 2.14. The molecule has 1 aromatic heterocycles. The summed E-state index contributed by atoms with van der Waals surface area (Å²) in [5.74, 6) is 0.0161. The minimum atomic E-state index is -0.517. The topological polar surface area (TPSA) is 56.6 Å². The molecule has 0 spiro atoms. The zero-order valence-electron chi connectivity index (χ0n) is 13.2. The van der Waals surface area contributed by atoms with Crippen LogP contribution in [0.25, 0.3) is 0 Å². The Kier molecular flexibility index (Phi) is 4.67. The summed E-state index contributed by atoms with van der Waals surface area (Å²) >= 11 is 1.36. The molecule has 0 saturated carbocycles. The second-order valence-corrected chi connectivity index (χ2v) is 6.26. The number of methoxy groups -OCH3 is 1. The number of ether oxygens (including phenoxy) is 1. The molecule has 0 unspecified atom stereocenters. The van der Waals surface area contributed by atoms with Crippen LogP contribution in [-0.2, 0) is 0 Å². The van der Waals surface area contributed by atoms with Crippen LogP contribution >= 0.6 is 11.3 Å². The van der Waals surface area contributed by atoms with Gasteiger partial charge in [-0.3, -0.25) is 4.79 Å². The van der Waals surface area contributed by atoms with Crippen LogP contribution in [-0.4, -0.2) is 44.1 Å². The van der Waals surface area contributed by atoms with E-state index in [0.717, 1.165) is 0 Å². The van der Waals surface area contributed by atoms with Gasteiger partial charge in [-0.15, -0.1) is 11.3 Å². The molecule has 5 nitrogen and oxygen atoms in total. The second-order valence-electron chi connectivity index (χ2n) is 5.34. The Morgan fingerprint density at radius 2 is 2.04 bits per heavy atom. The highest BCUT2D eigenvalue weighted by atomic mass is 32.1. The number of hydrogen-bond acceptors (Lipinski definition) is 5. The highest BCUT2D eigenvalue weighted by molar-refractivity contribution is 7.12. The number of halogens is 1. The Hall–Kier alpha value is -2.59. The molecule has 0 aliphatic carbocycles. The van der Waals surface area contributed by atoms with Crippen molar-refractivity contribution in [2.24, 2.45) is 0 Å². The molecule has 0 radical (unpaired) electrons. The van der Waals surface area contributed by atoms with E-state index in [1.54, 1.807) is 30.2 Å². The first kappa shape index (κ1) is 16.3. The first-order valence-corrected chi connectivity index (χ1v) is 8.38. The van der Waals surface area contributed by atoms with Crippen molar-refractivity contribution in [3.63, 3.8) is 0 Å². The maximum absolute atomic E-state index is 13.8. The highest BCUT2D eigenvalue weighted by Gasteiger charge is 2.26. The molecule has 1 saturated heterocycles. The third-order valence-electron chi connectivity index (χ3n) is 4.05. The Bertz CT molecular complexity index is 791.